The SMILES string of the molecule is C=C/C(F)=C\C=C(/N)[C@@](CNC(=O)C(OC)(c1ccccc1)C(F)(F)F)(Cc1ccccc1)c1cc(F)cc(C(F)(F)F)c1. The van der Waals surface area contributed by atoms with Crippen molar-refractivity contribution in [3.05, 3.63) is 143 Å². The standard InChI is InChI=1S/C32H28F8N2O2/c1-3-25(33)14-15-27(41)29(19-21-10-6-4-7-11-21,23-16-24(31(35,36)37)18-26(34)17-23)20-42-28(43)30(44-2,32(38,39)40)22-12-8-5-9-13-22/h3-18H,1,19-20,41H2,2H3,(H,42,43)/b25-14+,27-15-/t29-,30?/m1/s1. The molecule has 3 rings (SSSR count). The first-order valence-electron chi connectivity index (χ1n) is 12.9. The Labute approximate surface area is 248 Å². The molecule has 0 aliphatic rings. The van der Waals surface area contributed by atoms with Crippen LogP contribution in [0.2, 0.25) is 0 Å². The highest BCUT2D eigenvalue weighted by atomic mass is 19.4. The molecule has 2 atom stereocenters. The summed E-state index contributed by atoms with van der Waals surface area (Å²) in [5, 5.41) is 2.16. The highest BCUT2D eigenvalue weighted by molar-refractivity contribution is 5.88. The molecule has 0 aromatic heterocycles. The number of carbonyl (C=O) groups is 1. The number of benzene rings is 3. The highest BCUT2D eigenvalue weighted by Crippen LogP contribution is 2.43. The maximum absolute atomic E-state index is 14.8. The largest absolute Gasteiger partial charge is 0.430 e. The first-order chi connectivity index (χ1) is 20.6. The maximum atomic E-state index is 14.8. The lowest BCUT2D eigenvalue weighted by molar-refractivity contribution is -0.265. The summed E-state index contributed by atoms with van der Waals surface area (Å²) in [6.07, 6.45) is -8.08. The van der Waals surface area contributed by atoms with Crippen molar-refractivity contribution in [1.29, 1.82) is 0 Å². The monoisotopic (exact) mass is 624 g/mol. The van der Waals surface area contributed by atoms with E-state index in [1.54, 1.807) is 30.3 Å². The molecule has 234 valence electrons. The Bertz CT molecular complexity index is 1520. The molecule has 1 amide bonds. The van der Waals surface area contributed by atoms with Crippen molar-refractivity contribution in [3.8, 4) is 0 Å². The summed E-state index contributed by atoms with van der Waals surface area (Å²) in [7, 11) is 0.677. The van der Waals surface area contributed by atoms with E-state index in [1.807, 2.05) is 0 Å². The van der Waals surface area contributed by atoms with Gasteiger partial charge in [0.15, 0.2) is 0 Å². The molecule has 3 N–H and O–H groups in total. The van der Waals surface area contributed by atoms with E-state index in [0.717, 1.165) is 36.4 Å². The molecular formula is C32H28F8N2O2. The normalized spacial score (nSPS) is 15.7. The summed E-state index contributed by atoms with van der Waals surface area (Å²) < 4.78 is 119. The molecule has 0 heterocycles. The second-order valence-corrected chi connectivity index (χ2v) is 9.78. The van der Waals surface area contributed by atoms with E-state index in [9.17, 15) is 39.9 Å². The molecule has 1 unspecified atom stereocenters. The fraction of sp³-hybridized carbons (Fsp3) is 0.219. The highest BCUT2D eigenvalue weighted by Gasteiger charge is 2.62. The van der Waals surface area contributed by atoms with Crippen LogP contribution in [0.25, 0.3) is 0 Å². The van der Waals surface area contributed by atoms with Gasteiger partial charge in [-0.2, -0.15) is 26.3 Å². The van der Waals surface area contributed by atoms with Crippen LogP contribution in [0.1, 0.15) is 22.3 Å². The predicted octanol–water partition coefficient (Wildman–Crippen LogP) is 7.43. The quantitative estimate of drug-likeness (QED) is 0.172. The molecule has 0 fully saturated rings. The van der Waals surface area contributed by atoms with Gasteiger partial charge in [-0.1, -0.05) is 67.2 Å². The van der Waals surface area contributed by atoms with Gasteiger partial charge in [0.2, 0.25) is 0 Å². The molecule has 4 nitrogen and oxygen atoms in total. The smallest absolute Gasteiger partial charge is 0.401 e. The molecular weight excluding hydrogens is 596 g/mol. The van der Waals surface area contributed by atoms with Gasteiger partial charge in [-0.25, -0.2) is 8.78 Å². The summed E-state index contributed by atoms with van der Waals surface area (Å²) >= 11 is 0. The molecule has 0 aliphatic carbocycles. The lowest BCUT2D eigenvalue weighted by atomic mass is 9.72. The number of hydrogen-bond acceptors (Lipinski definition) is 3. The Morgan fingerprint density at radius 2 is 1.45 bits per heavy atom. The number of nitrogens with one attached hydrogen (secondary N) is 1. The molecule has 0 saturated carbocycles. The van der Waals surface area contributed by atoms with Crippen LogP contribution < -0.4 is 11.1 Å². The van der Waals surface area contributed by atoms with Crippen LogP contribution in [0, 0.1) is 5.82 Å². The van der Waals surface area contributed by atoms with Gasteiger partial charge < -0.3 is 15.8 Å². The molecule has 44 heavy (non-hydrogen) atoms. The van der Waals surface area contributed by atoms with Gasteiger partial charge in [-0.05, 0) is 54.0 Å². The van der Waals surface area contributed by atoms with E-state index in [-0.39, 0.29) is 12.5 Å². The summed E-state index contributed by atoms with van der Waals surface area (Å²) in [5.74, 6) is -3.95. The number of allylic oxidation sites excluding steroid dienone is 4. The Kier molecular flexibility index (Phi) is 10.4. The van der Waals surface area contributed by atoms with Crippen molar-refractivity contribution >= 4 is 5.91 Å². The minimum absolute atomic E-state index is 0.238. The number of rotatable bonds is 11. The summed E-state index contributed by atoms with van der Waals surface area (Å²) in [4.78, 5) is 13.5. The van der Waals surface area contributed by atoms with Gasteiger partial charge in [-0.15, -0.1) is 0 Å². The summed E-state index contributed by atoms with van der Waals surface area (Å²) in [6.45, 7) is 2.37. The van der Waals surface area contributed by atoms with E-state index in [2.05, 4.69) is 11.9 Å². The number of methoxy groups -OCH3 is 1. The Morgan fingerprint density at radius 1 is 0.886 bits per heavy atom. The number of ether oxygens (including phenoxy) is 1. The number of nitrogens with two attached hydrogens (primary N) is 1. The third kappa shape index (κ3) is 7.19. The van der Waals surface area contributed by atoms with Crippen molar-refractivity contribution in [2.45, 2.75) is 29.8 Å². The third-order valence-electron chi connectivity index (χ3n) is 7.05. The van der Waals surface area contributed by atoms with Gasteiger partial charge in [0.05, 0.1) is 11.0 Å². The predicted molar refractivity (Wildman–Crippen MR) is 149 cm³/mol. The van der Waals surface area contributed by atoms with E-state index in [4.69, 9.17) is 10.5 Å². The van der Waals surface area contributed by atoms with Crippen molar-refractivity contribution < 1.29 is 44.7 Å². The zero-order valence-electron chi connectivity index (χ0n) is 23.3. The lowest BCUT2D eigenvalue weighted by Crippen LogP contribution is -2.58. The fourth-order valence-electron chi connectivity index (χ4n) is 4.79. The molecule has 0 radical (unpaired) electrons. The third-order valence-corrected chi connectivity index (χ3v) is 7.05. The maximum Gasteiger partial charge on any atom is 0.430 e. The van der Waals surface area contributed by atoms with E-state index in [0.29, 0.717) is 18.7 Å². The Balaban J connectivity index is 2.31. The molecule has 0 aliphatic heterocycles. The van der Waals surface area contributed by atoms with E-state index in [1.165, 1.54) is 18.2 Å². The number of amides is 1. The van der Waals surface area contributed by atoms with Crippen LogP contribution in [-0.2, 0) is 33.1 Å². The van der Waals surface area contributed by atoms with Crippen LogP contribution in [0.5, 0.6) is 0 Å². The molecule has 0 spiro atoms. The minimum atomic E-state index is -5.31. The summed E-state index contributed by atoms with van der Waals surface area (Å²) in [5.41, 5.74) is -1.63. The van der Waals surface area contributed by atoms with Crippen LogP contribution in [-0.4, -0.2) is 25.7 Å². The molecule has 3 aromatic carbocycles. The van der Waals surface area contributed by atoms with Crippen LogP contribution >= 0.6 is 0 Å². The lowest BCUT2D eigenvalue weighted by Gasteiger charge is -2.38. The Hall–Kier alpha value is -4.45. The molecule has 0 saturated heterocycles. The van der Waals surface area contributed by atoms with Crippen molar-refractivity contribution in [1.82, 2.24) is 5.32 Å². The Morgan fingerprint density at radius 3 is 1.98 bits per heavy atom. The molecule has 0 bridgehead atoms. The second-order valence-electron chi connectivity index (χ2n) is 9.78. The average molecular weight is 625 g/mol. The first kappa shape index (κ1) is 34.0. The van der Waals surface area contributed by atoms with Crippen LogP contribution in [0.4, 0.5) is 35.1 Å². The van der Waals surface area contributed by atoms with Crippen molar-refractivity contribution in [2.24, 2.45) is 5.73 Å². The number of alkyl halides is 6. The number of halogens is 8. The van der Waals surface area contributed by atoms with Crippen molar-refractivity contribution in [2.75, 3.05) is 13.7 Å². The zero-order valence-corrected chi connectivity index (χ0v) is 23.3. The second kappa shape index (κ2) is 13.5. The van der Waals surface area contributed by atoms with Gasteiger partial charge in [0.1, 0.15) is 11.6 Å². The summed E-state index contributed by atoms with van der Waals surface area (Å²) in [6, 6.07) is 15.4. The average Bonchev–Trinajstić information content (AvgIpc) is 2.98. The van der Waals surface area contributed by atoms with E-state index >= 15 is 0 Å². The zero-order chi connectivity index (χ0) is 32.8. The van der Waals surface area contributed by atoms with Gasteiger partial charge in [-0.3, -0.25) is 4.79 Å². The van der Waals surface area contributed by atoms with Gasteiger partial charge in [0.25, 0.3) is 11.5 Å². The number of hydrogen-bond donors (Lipinski definition) is 2. The first-order valence-corrected chi connectivity index (χ1v) is 12.9. The fourth-order valence-corrected chi connectivity index (χ4v) is 4.79. The van der Waals surface area contributed by atoms with Gasteiger partial charge >= 0.3 is 12.4 Å². The van der Waals surface area contributed by atoms with Crippen LogP contribution in [0.3, 0.4) is 0 Å². The number of carbonyl (C=O) groups excluding carboxylic acids is 1. The van der Waals surface area contributed by atoms with Crippen molar-refractivity contribution in [3.63, 3.8) is 0 Å². The molecule has 3 aromatic rings. The topological polar surface area (TPSA) is 64.3 Å². The minimum Gasteiger partial charge on any atom is -0.401 e. The van der Waals surface area contributed by atoms with Gasteiger partial charge in [0, 0.05) is 24.9 Å². The van der Waals surface area contributed by atoms with Crippen LogP contribution in [0.15, 0.2) is 115 Å². The van der Waals surface area contributed by atoms with E-state index < -0.39 is 69.9 Å². The molecule has 12 heteroatoms.